The van der Waals surface area contributed by atoms with Gasteiger partial charge in [0, 0.05) is 17.0 Å². The van der Waals surface area contributed by atoms with Crippen LogP contribution in [0.4, 0.5) is 23.2 Å². The van der Waals surface area contributed by atoms with Gasteiger partial charge in [0.1, 0.15) is 11.6 Å². The molecule has 1 aromatic rings. The van der Waals surface area contributed by atoms with E-state index in [2.05, 4.69) is 10.9 Å². The Kier molecular flexibility index (Phi) is 5.81. The molecule has 2 nitrogen and oxygen atoms in total. The van der Waals surface area contributed by atoms with E-state index in [-0.39, 0.29) is 22.1 Å². The van der Waals surface area contributed by atoms with Crippen molar-refractivity contribution in [1.82, 2.24) is 0 Å². The Morgan fingerprint density at radius 2 is 2.08 bits per heavy atom. The van der Waals surface area contributed by atoms with Crippen LogP contribution in [-0.2, 0) is 10.8 Å². The van der Waals surface area contributed by atoms with E-state index in [9.17, 15) is 21.8 Å². The van der Waals surface area contributed by atoms with Crippen molar-refractivity contribution >= 4 is 22.2 Å². The molecule has 0 amide bonds. The predicted octanol–water partition coefficient (Wildman–Crippen LogP) is 4.70. The molecule has 0 saturated heterocycles. The van der Waals surface area contributed by atoms with E-state index >= 15 is 0 Å². The van der Waals surface area contributed by atoms with Crippen molar-refractivity contribution in [2.45, 2.75) is 43.7 Å². The highest BCUT2D eigenvalue weighted by atomic mass is 32.2. The molecule has 0 aromatic heterocycles. The fourth-order valence-electron chi connectivity index (χ4n) is 2.32. The highest BCUT2D eigenvalue weighted by molar-refractivity contribution is 7.85. The number of rotatable bonds is 6. The molecule has 2 rings (SSSR count). The van der Waals surface area contributed by atoms with E-state index in [1.54, 1.807) is 0 Å². The van der Waals surface area contributed by atoms with E-state index in [1.165, 1.54) is 6.92 Å². The van der Waals surface area contributed by atoms with E-state index in [1.807, 2.05) is 0 Å². The van der Waals surface area contributed by atoms with Crippen molar-refractivity contribution in [1.29, 1.82) is 0 Å². The van der Waals surface area contributed by atoms with Crippen LogP contribution >= 0.6 is 0 Å². The zero-order chi connectivity index (χ0) is 17.9. The zero-order valence-corrected chi connectivity index (χ0v) is 13.9. The molecule has 0 radical (unpaired) electrons. The van der Waals surface area contributed by atoms with Crippen molar-refractivity contribution in [3.8, 4) is 12.3 Å². The van der Waals surface area contributed by atoms with Gasteiger partial charge in [0.2, 0.25) is 0 Å². The monoisotopic (exact) mass is 359 g/mol. The summed E-state index contributed by atoms with van der Waals surface area (Å²) in [5.41, 5.74) is 0.888. The van der Waals surface area contributed by atoms with Crippen molar-refractivity contribution in [2.75, 3.05) is 5.75 Å². The van der Waals surface area contributed by atoms with E-state index in [4.69, 9.17) is 6.42 Å². The topological polar surface area (TPSA) is 29.4 Å². The summed E-state index contributed by atoms with van der Waals surface area (Å²) in [7, 11) is -2.29. The summed E-state index contributed by atoms with van der Waals surface area (Å²) in [6.07, 6.45) is 3.57. The Bertz CT molecular complexity index is 715. The number of halogens is 4. The van der Waals surface area contributed by atoms with Gasteiger partial charge in [-0.15, -0.1) is 12.3 Å². The molecule has 0 spiro atoms. The van der Waals surface area contributed by atoms with Gasteiger partial charge in [-0.05, 0) is 49.8 Å². The normalized spacial score (nSPS) is 16.8. The first-order chi connectivity index (χ1) is 11.2. The van der Waals surface area contributed by atoms with Gasteiger partial charge >= 0.3 is 6.18 Å². The van der Waals surface area contributed by atoms with Gasteiger partial charge in [-0.3, -0.25) is 9.20 Å². The summed E-state index contributed by atoms with van der Waals surface area (Å²) in [4.78, 5) is 4.23. The first-order valence-corrected chi connectivity index (χ1v) is 8.79. The van der Waals surface area contributed by atoms with Gasteiger partial charge in [-0.25, -0.2) is 4.39 Å². The van der Waals surface area contributed by atoms with Crippen LogP contribution in [0.2, 0.25) is 0 Å². The summed E-state index contributed by atoms with van der Waals surface area (Å²) in [5.74, 6) is 0.648. The van der Waals surface area contributed by atoms with Crippen molar-refractivity contribution in [2.24, 2.45) is 10.9 Å². The molecule has 7 heteroatoms. The van der Waals surface area contributed by atoms with Gasteiger partial charge in [-0.2, -0.15) is 13.2 Å². The maximum absolute atomic E-state index is 14.1. The van der Waals surface area contributed by atoms with Crippen LogP contribution in [0.25, 0.3) is 0 Å². The number of hydrogen-bond acceptors (Lipinski definition) is 2. The third kappa shape index (κ3) is 5.17. The lowest BCUT2D eigenvalue weighted by Gasteiger charge is -2.11. The molecule has 1 aromatic carbocycles. The Morgan fingerprint density at radius 1 is 1.42 bits per heavy atom. The van der Waals surface area contributed by atoms with Crippen LogP contribution < -0.4 is 0 Å². The summed E-state index contributed by atoms with van der Waals surface area (Å²) in [5, 5.41) is 0. The third-order valence-corrected chi connectivity index (χ3v) is 5.14. The molecule has 1 atom stereocenters. The Balaban J connectivity index is 2.35. The zero-order valence-electron chi connectivity index (χ0n) is 13.1. The van der Waals surface area contributed by atoms with E-state index in [0.29, 0.717) is 12.8 Å². The van der Waals surface area contributed by atoms with Gasteiger partial charge < -0.3 is 0 Å². The summed E-state index contributed by atoms with van der Waals surface area (Å²) in [6.45, 7) is 1.43. The minimum Gasteiger partial charge on any atom is -0.254 e. The molecule has 0 aliphatic heterocycles. The second kappa shape index (κ2) is 7.47. The SMILES string of the molecule is C#CCCC(=Nc1cc(S(=O)CC(F)(F)F)c(C)cc1F)C1CC1. The van der Waals surface area contributed by atoms with E-state index < -0.39 is 28.5 Å². The number of alkyl halides is 3. The molecule has 130 valence electrons. The Labute approximate surface area is 140 Å². The maximum atomic E-state index is 14.1. The average Bonchev–Trinajstić information content (AvgIpc) is 3.28. The largest absolute Gasteiger partial charge is 0.400 e. The number of aryl methyl sites for hydroxylation is 1. The molecular weight excluding hydrogens is 342 g/mol. The first-order valence-electron chi connectivity index (χ1n) is 7.47. The van der Waals surface area contributed by atoms with Gasteiger partial charge in [0.25, 0.3) is 0 Å². The molecule has 1 unspecified atom stereocenters. The highest BCUT2D eigenvalue weighted by Gasteiger charge is 2.32. The molecule has 0 heterocycles. The van der Waals surface area contributed by atoms with Crippen molar-refractivity contribution < 1.29 is 21.8 Å². The van der Waals surface area contributed by atoms with Crippen LogP contribution in [0.15, 0.2) is 22.0 Å². The number of hydrogen-bond donors (Lipinski definition) is 0. The average molecular weight is 359 g/mol. The van der Waals surface area contributed by atoms with Crippen LogP contribution in [0, 0.1) is 31.0 Å². The second-order valence-electron chi connectivity index (χ2n) is 5.76. The summed E-state index contributed by atoms with van der Waals surface area (Å²) in [6, 6.07) is 2.24. The molecular formula is C17H17F4NOS. The quantitative estimate of drug-likeness (QED) is 0.411. The molecule has 0 bridgehead atoms. The highest BCUT2D eigenvalue weighted by Crippen LogP contribution is 2.35. The van der Waals surface area contributed by atoms with Crippen molar-refractivity contribution in [3.63, 3.8) is 0 Å². The minimum atomic E-state index is -4.55. The fraction of sp³-hybridized carbons (Fsp3) is 0.471. The van der Waals surface area contributed by atoms with Gasteiger partial charge in [-0.1, -0.05) is 0 Å². The third-order valence-electron chi connectivity index (χ3n) is 3.62. The van der Waals surface area contributed by atoms with Gasteiger partial charge in [0.15, 0.2) is 0 Å². The fourth-order valence-corrected chi connectivity index (χ4v) is 3.44. The first kappa shape index (κ1) is 18.7. The lowest BCUT2D eigenvalue weighted by molar-refractivity contribution is -0.105. The molecule has 1 saturated carbocycles. The number of terminal acetylenes is 1. The van der Waals surface area contributed by atoms with E-state index in [0.717, 1.165) is 30.7 Å². The smallest absolute Gasteiger partial charge is 0.254 e. The Morgan fingerprint density at radius 3 is 2.62 bits per heavy atom. The maximum Gasteiger partial charge on any atom is 0.400 e. The molecule has 1 aliphatic carbocycles. The van der Waals surface area contributed by atoms with Crippen molar-refractivity contribution in [3.05, 3.63) is 23.5 Å². The molecule has 0 N–H and O–H groups in total. The second-order valence-corrected chi connectivity index (χ2v) is 7.18. The molecule has 1 aliphatic rings. The Hall–Kier alpha value is -1.68. The van der Waals surface area contributed by atoms with Crippen LogP contribution in [0.5, 0.6) is 0 Å². The number of nitrogens with zero attached hydrogens (tertiary/aromatic N) is 1. The van der Waals surface area contributed by atoms with Gasteiger partial charge in [0.05, 0.1) is 16.5 Å². The van der Waals surface area contributed by atoms with Crippen LogP contribution in [0.3, 0.4) is 0 Å². The number of aliphatic imine (C=N–C) groups is 1. The standard InChI is InChI=1S/C17H17F4NOS/c1-3-4-5-14(12-6-7-12)22-15-9-16(11(2)8-13(15)18)24(23)10-17(19,20)21/h1,8-9,12H,4-7,10H2,2H3. The lowest BCUT2D eigenvalue weighted by atomic mass is 10.1. The summed E-state index contributed by atoms with van der Waals surface area (Å²) < 4.78 is 63.4. The molecule has 1 fully saturated rings. The number of benzene rings is 1. The lowest BCUT2D eigenvalue weighted by Crippen LogP contribution is -2.19. The summed E-state index contributed by atoms with van der Waals surface area (Å²) >= 11 is 0. The van der Waals surface area contributed by atoms with Crippen LogP contribution in [0.1, 0.15) is 31.2 Å². The minimum absolute atomic E-state index is 0.0421. The van der Waals surface area contributed by atoms with Crippen LogP contribution in [-0.4, -0.2) is 21.8 Å². The molecule has 24 heavy (non-hydrogen) atoms. The predicted molar refractivity (Wildman–Crippen MR) is 86.4 cm³/mol.